The van der Waals surface area contributed by atoms with Gasteiger partial charge in [-0.2, -0.15) is 0 Å². The largest absolute Gasteiger partial charge is 0.447 e. The highest BCUT2D eigenvalue weighted by Gasteiger charge is 2.27. The molecule has 1 heterocycles. The molecule has 0 fully saturated rings. The molecule has 2 aromatic carbocycles. The first-order valence-electron chi connectivity index (χ1n) is 8.67. The van der Waals surface area contributed by atoms with Crippen LogP contribution in [-0.4, -0.2) is 44.9 Å². The number of likely N-dealkylation sites (N-methyl/N-ethyl adjacent to an activating group) is 1. The van der Waals surface area contributed by atoms with Crippen LogP contribution in [0, 0.1) is 0 Å². The molecule has 0 saturated carbocycles. The van der Waals surface area contributed by atoms with Crippen molar-refractivity contribution in [2.24, 2.45) is 0 Å². The van der Waals surface area contributed by atoms with Crippen molar-refractivity contribution in [3.05, 3.63) is 63.1 Å². The van der Waals surface area contributed by atoms with Crippen molar-refractivity contribution in [1.82, 2.24) is 4.90 Å². The van der Waals surface area contributed by atoms with Gasteiger partial charge in [-0.05, 0) is 48.0 Å². The van der Waals surface area contributed by atoms with Gasteiger partial charge in [-0.3, -0.25) is 5.32 Å². The molecule has 1 aliphatic rings. The maximum absolute atomic E-state index is 11.7. The second kappa shape index (κ2) is 10.3. The van der Waals surface area contributed by atoms with E-state index in [9.17, 15) is 4.79 Å². The minimum Gasteiger partial charge on any atom is -0.447 e. The van der Waals surface area contributed by atoms with Crippen molar-refractivity contribution >= 4 is 47.4 Å². The van der Waals surface area contributed by atoms with Crippen LogP contribution < -0.4 is 5.32 Å². The predicted octanol–water partition coefficient (Wildman–Crippen LogP) is 5.19. The molecule has 5 nitrogen and oxygen atoms in total. The van der Waals surface area contributed by atoms with E-state index in [1.807, 2.05) is 30.3 Å². The quantitative estimate of drug-likeness (QED) is 0.644. The number of halogens is 3. The Morgan fingerprint density at radius 3 is 2.61 bits per heavy atom. The number of carbonyl (C=O) groups excluding carboxylic acids is 1. The number of nitrogens with zero attached hydrogens (tertiary/aromatic N) is 1. The maximum Gasteiger partial charge on any atom is 0.411 e. The number of ether oxygens (including phenoxy) is 2. The van der Waals surface area contributed by atoms with E-state index in [1.54, 1.807) is 13.2 Å². The van der Waals surface area contributed by atoms with Gasteiger partial charge in [-0.1, -0.05) is 35.3 Å². The van der Waals surface area contributed by atoms with Crippen molar-refractivity contribution < 1.29 is 14.3 Å². The molecular formula is C20H23Cl3N2O3. The van der Waals surface area contributed by atoms with Crippen LogP contribution in [0.25, 0.3) is 0 Å². The van der Waals surface area contributed by atoms with E-state index in [2.05, 4.69) is 17.3 Å². The number of fused-ring (bicyclic) bond motifs is 1. The molecule has 1 amide bonds. The lowest BCUT2D eigenvalue weighted by molar-refractivity contribution is 0.107. The van der Waals surface area contributed by atoms with Crippen LogP contribution in [-0.2, 0) is 16.0 Å². The Labute approximate surface area is 181 Å². The molecule has 152 valence electrons. The van der Waals surface area contributed by atoms with Crippen LogP contribution in [0.5, 0.6) is 0 Å². The van der Waals surface area contributed by atoms with Crippen LogP contribution >= 0.6 is 35.6 Å². The fourth-order valence-corrected chi connectivity index (χ4v) is 3.87. The summed E-state index contributed by atoms with van der Waals surface area (Å²) in [4.78, 5) is 14.0. The van der Waals surface area contributed by atoms with E-state index in [0.717, 1.165) is 29.8 Å². The smallest absolute Gasteiger partial charge is 0.411 e. The topological polar surface area (TPSA) is 50.8 Å². The molecular weight excluding hydrogens is 423 g/mol. The number of amides is 1. The Morgan fingerprint density at radius 2 is 1.93 bits per heavy atom. The van der Waals surface area contributed by atoms with Crippen molar-refractivity contribution in [3.63, 3.8) is 0 Å². The first-order chi connectivity index (χ1) is 13.0. The minimum absolute atomic E-state index is 0. The van der Waals surface area contributed by atoms with Crippen LogP contribution in [0.1, 0.15) is 22.6 Å². The van der Waals surface area contributed by atoms with Gasteiger partial charge in [-0.25, -0.2) is 4.79 Å². The molecule has 1 aliphatic heterocycles. The lowest BCUT2D eigenvalue weighted by atomic mass is 9.85. The molecule has 28 heavy (non-hydrogen) atoms. The van der Waals surface area contributed by atoms with Gasteiger partial charge in [-0.15, -0.1) is 12.4 Å². The van der Waals surface area contributed by atoms with Crippen molar-refractivity contribution in [1.29, 1.82) is 0 Å². The van der Waals surface area contributed by atoms with Crippen molar-refractivity contribution in [2.75, 3.05) is 39.2 Å². The second-order valence-electron chi connectivity index (χ2n) is 6.58. The highest BCUT2D eigenvalue weighted by atomic mass is 35.5. The number of nitrogens with one attached hydrogen (secondary N) is 1. The molecule has 0 spiro atoms. The summed E-state index contributed by atoms with van der Waals surface area (Å²) in [5.41, 5.74) is 4.09. The first-order valence-corrected chi connectivity index (χ1v) is 9.42. The molecule has 1 atom stereocenters. The van der Waals surface area contributed by atoms with Crippen LogP contribution in [0.15, 0.2) is 36.4 Å². The second-order valence-corrected chi connectivity index (χ2v) is 7.42. The highest BCUT2D eigenvalue weighted by Crippen LogP contribution is 2.38. The van der Waals surface area contributed by atoms with Gasteiger partial charge in [0.15, 0.2) is 0 Å². The maximum atomic E-state index is 11.7. The lowest BCUT2D eigenvalue weighted by Crippen LogP contribution is -2.31. The van der Waals surface area contributed by atoms with Gasteiger partial charge >= 0.3 is 6.09 Å². The van der Waals surface area contributed by atoms with E-state index in [4.69, 9.17) is 32.7 Å². The molecule has 2 aromatic rings. The number of rotatable bonds is 5. The molecule has 0 radical (unpaired) electrons. The van der Waals surface area contributed by atoms with Gasteiger partial charge in [0, 0.05) is 41.8 Å². The van der Waals surface area contributed by atoms with Crippen LogP contribution in [0.2, 0.25) is 10.0 Å². The number of methoxy groups -OCH3 is 1. The number of hydrogen-bond donors (Lipinski definition) is 1. The molecule has 1 N–H and O–H groups in total. The number of benzene rings is 2. The molecule has 0 saturated heterocycles. The van der Waals surface area contributed by atoms with Gasteiger partial charge in [0.1, 0.15) is 6.61 Å². The molecule has 0 aliphatic carbocycles. The van der Waals surface area contributed by atoms with Gasteiger partial charge in [0.2, 0.25) is 0 Å². The summed E-state index contributed by atoms with van der Waals surface area (Å²) in [6.45, 7) is 2.25. The van der Waals surface area contributed by atoms with Crippen LogP contribution in [0.4, 0.5) is 10.5 Å². The monoisotopic (exact) mass is 444 g/mol. The Morgan fingerprint density at radius 1 is 1.21 bits per heavy atom. The zero-order valence-corrected chi connectivity index (χ0v) is 18.0. The standard InChI is InChI=1S/C20H22Cl2N2O3.ClH/c1-24-11-17(16-9-14(21)10-19(22)18(16)12-24)13-3-5-15(6-4-13)23-20(25)27-8-7-26-2;/h3-6,9-10,17H,7-8,11-12H2,1-2H3,(H,23,25);1H. The zero-order valence-electron chi connectivity index (χ0n) is 15.7. The van der Waals surface area contributed by atoms with Gasteiger partial charge < -0.3 is 14.4 Å². The first kappa shape index (κ1) is 22.8. The average Bonchev–Trinajstić information content (AvgIpc) is 2.63. The summed E-state index contributed by atoms with van der Waals surface area (Å²) < 4.78 is 9.86. The molecule has 8 heteroatoms. The molecule has 0 aromatic heterocycles. The SMILES string of the molecule is COCCOC(=O)Nc1ccc(C2CN(C)Cc3c(Cl)cc(Cl)cc32)cc1.Cl. The van der Waals surface area contributed by atoms with Crippen LogP contribution in [0.3, 0.4) is 0 Å². The minimum atomic E-state index is -0.499. The summed E-state index contributed by atoms with van der Waals surface area (Å²) in [5, 5.41) is 4.05. The number of anilines is 1. The van der Waals surface area contributed by atoms with E-state index in [0.29, 0.717) is 22.3 Å². The lowest BCUT2D eigenvalue weighted by Gasteiger charge is -2.33. The van der Waals surface area contributed by atoms with Crippen molar-refractivity contribution in [2.45, 2.75) is 12.5 Å². The number of hydrogen-bond acceptors (Lipinski definition) is 4. The van der Waals surface area contributed by atoms with E-state index in [1.165, 1.54) is 0 Å². The predicted molar refractivity (Wildman–Crippen MR) is 115 cm³/mol. The third-order valence-electron chi connectivity index (χ3n) is 4.57. The fraction of sp³-hybridized carbons (Fsp3) is 0.350. The van der Waals surface area contributed by atoms with Crippen molar-refractivity contribution in [3.8, 4) is 0 Å². The van der Waals surface area contributed by atoms with E-state index < -0.39 is 6.09 Å². The number of carbonyl (C=O) groups is 1. The molecule has 3 rings (SSSR count). The van der Waals surface area contributed by atoms with Gasteiger partial charge in [0.25, 0.3) is 0 Å². The third kappa shape index (κ3) is 5.52. The Kier molecular flexibility index (Phi) is 8.40. The summed E-state index contributed by atoms with van der Waals surface area (Å²) >= 11 is 12.7. The van der Waals surface area contributed by atoms with E-state index >= 15 is 0 Å². The fourth-order valence-electron chi connectivity index (χ4n) is 3.30. The summed E-state index contributed by atoms with van der Waals surface area (Å²) in [6.07, 6.45) is -0.499. The zero-order chi connectivity index (χ0) is 19.4. The Bertz CT molecular complexity index is 815. The molecule has 0 bridgehead atoms. The Balaban J connectivity index is 0.00000280. The normalized spacial score (nSPS) is 16.1. The average molecular weight is 446 g/mol. The summed E-state index contributed by atoms with van der Waals surface area (Å²) in [7, 11) is 3.63. The highest BCUT2D eigenvalue weighted by molar-refractivity contribution is 6.35. The Hall–Kier alpha value is -1.50. The molecule has 1 unspecified atom stereocenters. The summed E-state index contributed by atoms with van der Waals surface area (Å²) in [6, 6.07) is 11.5. The van der Waals surface area contributed by atoms with E-state index in [-0.39, 0.29) is 24.9 Å². The summed E-state index contributed by atoms with van der Waals surface area (Å²) in [5.74, 6) is 0.164. The third-order valence-corrected chi connectivity index (χ3v) is 5.13. The van der Waals surface area contributed by atoms with Gasteiger partial charge in [0.05, 0.1) is 6.61 Å².